The number of ether oxygens (including phenoxy) is 2. The number of benzene rings is 1. The molecule has 0 spiro atoms. The molecule has 1 saturated heterocycles. The standard InChI is InChI=1S/C16H23NO6S/c1-12-11-13(6-7-15(12)23-10-9-22-2)24(20,21)17-8-4-3-5-14(17)16(18)19/h6-7,11,14H,3-5,8-10H2,1-2H3,(H,18,19). The van der Waals surface area contributed by atoms with Gasteiger partial charge in [0.25, 0.3) is 0 Å². The molecule has 0 aromatic heterocycles. The van der Waals surface area contributed by atoms with Crippen molar-refractivity contribution in [2.24, 2.45) is 0 Å². The summed E-state index contributed by atoms with van der Waals surface area (Å²) in [7, 11) is -2.28. The van der Waals surface area contributed by atoms with E-state index in [2.05, 4.69) is 0 Å². The Morgan fingerprint density at radius 3 is 2.71 bits per heavy atom. The highest BCUT2D eigenvalue weighted by Gasteiger charge is 2.37. The molecule has 24 heavy (non-hydrogen) atoms. The first-order valence-corrected chi connectivity index (χ1v) is 9.29. The van der Waals surface area contributed by atoms with Gasteiger partial charge in [0.15, 0.2) is 0 Å². The molecular weight excluding hydrogens is 334 g/mol. The van der Waals surface area contributed by atoms with Gasteiger partial charge >= 0.3 is 5.97 Å². The van der Waals surface area contributed by atoms with Gasteiger partial charge in [0, 0.05) is 13.7 Å². The summed E-state index contributed by atoms with van der Waals surface area (Å²) in [4.78, 5) is 11.5. The summed E-state index contributed by atoms with van der Waals surface area (Å²) in [5.41, 5.74) is 0.677. The van der Waals surface area contributed by atoms with Gasteiger partial charge < -0.3 is 14.6 Å². The fraction of sp³-hybridized carbons (Fsp3) is 0.562. The predicted molar refractivity (Wildman–Crippen MR) is 87.7 cm³/mol. The monoisotopic (exact) mass is 357 g/mol. The summed E-state index contributed by atoms with van der Waals surface area (Å²) in [6, 6.07) is 3.57. The van der Waals surface area contributed by atoms with Crippen LogP contribution in [0.25, 0.3) is 0 Å². The molecule has 0 aliphatic carbocycles. The zero-order valence-electron chi connectivity index (χ0n) is 13.9. The van der Waals surface area contributed by atoms with E-state index in [0.29, 0.717) is 43.8 Å². The van der Waals surface area contributed by atoms with Gasteiger partial charge in [0.05, 0.1) is 11.5 Å². The average molecular weight is 357 g/mol. The van der Waals surface area contributed by atoms with Gasteiger partial charge in [-0.15, -0.1) is 0 Å². The molecule has 1 heterocycles. The van der Waals surface area contributed by atoms with Crippen LogP contribution in [0.3, 0.4) is 0 Å². The average Bonchev–Trinajstić information content (AvgIpc) is 2.56. The Hall–Kier alpha value is -1.64. The molecule has 1 unspecified atom stereocenters. The van der Waals surface area contributed by atoms with Crippen molar-refractivity contribution in [3.63, 3.8) is 0 Å². The Bertz CT molecular complexity index is 688. The Morgan fingerprint density at radius 1 is 1.33 bits per heavy atom. The highest BCUT2D eigenvalue weighted by molar-refractivity contribution is 7.89. The van der Waals surface area contributed by atoms with E-state index in [1.807, 2.05) is 0 Å². The van der Waals surface area contributed by atoms with Crippen LogP contribution in [0.1, 0.15) is 24.8 Å². The Labute approximate surface area is 142 Å². The number of hydrogen-bond acceptors (Lipinski definition) is 5. The van der Waals surface area contributed by atoms with Crippen molar-refractivity contribution in [2.75, 3.05) is 26.9 Å². The van der Waals surface area contributed by atoms with Crippen LogP contribution < -0.4 is 4.74 Å². The summed E-state index contributed by atoms with van der Waals surface area (Å²) in [6.45, 7) is 2.79. The molecule has 8 heteroatoms. The Balaban J connectivity index is 2.25. The second-order valence-electron chi connectivity index (χ2n) is 5.73. The second-order valence-corrected chi connectivity index (χ2v) is 7.62. The predicted octanol–water partition coefficient (Wildman–Crippen LogP) is 1.65. The first-order chi connectivity index (χ1) is 11.4. The number of aryl methyl sites for hydroxylation is 1. The van der Waals surface area contributed by atoms with Crippen LogP contribution in [0.4, 0.5) is 0 Å². The fourth-order valence-corrected chi connectivity index (χ4v) is 4.49. The van der Waals surface area contributed by atoms with Gasteiger partial charge in [-0.05, 0) is 49.9 Å². The summed E-state index contributed by atoms with van der Waals surface area (Å²) >= 11 is 0. The Morgan fingerprint density at radius 2 is 2.08 bits per heavy atom. The molecule has 0 saturated carbocycles. The summed E-state index contributed by atoms with van der Waals surface area (Å²) in [5.74, 6) is -0.519. The van der Waals surface area contributed by atoms with E-state index in [1.54, 1.807) is 20.1 Å². The number of rotatable bonds is 7. The second kappa shape index (κ2) is 7.96. The number of piperidine rings is 1. The van der Waals surface area contributed by atoms with E-state index in [9.17, 15) is 18.3 Å². The highest BCUT2D eigenvalue weighted by atomic mass is 32.2. The lowest BCUT2D eigenvalue weighted by Crippen LogP contribution is -2.47. The molecule has 1 aromatic carbocycles. The van der Waals surface area contributed by atoms with Crippen LogP contribution in [0.2, 0.25) is 0 Å². The normalized spacial score (nSPS) is 19.2. The first-order valence-electron chi connectivity index (χ1n) is 7.85. The van der Waals surface area contributed by atoms with Crippen LogP contribution in [-0.4, -0.2) is 56.7 Å². The number of aliphatic carboxylic acids is 1. The number of nitrogens with zero attached hydrogens (tertiary/aromatic N) is 1. The quantitative estimate of drug-likeness (QED) is 0.746. The van der Waals surface area contributed by atoms with E-state index in [0.717, 1.165) is 4.31 Å². The molecule has 1 aliphatic rings. The SMILES string of the molecule is COCCOc1ccc(S(=O)(=O)N2CCCCC2C(=O)O)cc1C. The molecule has 1 N–H and O–H groups in total. The smallest absolute Gasteiger partial charge is 0.322 e. The van der Waals surface area contributed by atoms with Gasteiger partial charge in [0.2, 0.25) is 10.0 Å². The fourth-order valence-electron chi connectivity index (χ4n) is 2.75. The third-order valence-corrected chi connectivity index (χ3v) is 5.94. The molecule has 1 fully saturated rings. The van der Waals surface area contributed by atoms with Gasteiger partial charge in [-0.25, -0.2) is 8.42 Å². The van der Waals surface area contributed by atoms with Crippen molar-refractivity contribution in [3.05, 3.63) is 23.8 Å². The van der Waals surface area contributed by atoms with Crippen LogP contribution in [0, 0.1) is 6.92 Å². The lowest BCUT2D eigenvalue weighted by Gasteiger charge is -2.32. The molecule has 0 amide bonds. The molecule has 2 rings (SSSR count). The van der Waals surface area contributed by atoms with Gasteiger partial charge in [-0.3, -0.25) is 4.79 Å². The molecule has 0 bridgehead atoms. The number of hydrogen-bond donors (Lipinski definition) is 1. The number of carboxylic acids is 1. The van der Waals surface area contributed by atoms with Crippen molar-refractivity contribution in [1.29, 1.82) is 0 Å². The maximum Gasteiger partial charge on any atom is 0.322 e. The molecule has 0 radical (unpaired) electrons. The third kappa shape index (κ3) is 4.06. The van der Waals surface area contributed by atoms with E-state index >= 15 is 0 Å². The Kier molecular flexibility index (Phi) is 6.20. The largest absolute Gasteiger partial charge is 0.491 e. The first kappa shape index (κ1) is 18.7. The van der Waals surface area contributed by atoms with Crippen LogP contribution in [0.5, 0.6) is 5.75 Å². The zero-order valence-corrected chi connectivity index (χ0v) is 14.7. The number of carboxylic acid groups (broad SMARTS) is 1. The van der Waals surface area contributed by atoms with Crippen molar-refractivity contribution < 1.29 is 27.8 Å². The molecule has 134 valence electrons. The summed E-state index contributed by atoms with van der Waals surface area (Å²) in [6.07, 6.45) is 1.72. The van der Waals surface area contributed by atoms with E-state index < -0.39 is 22.0 Å². The van der Waals surface area contributed by atoms with Gasteiger partial charge in [-0.1, -0.05) is 0 Å². The van der Waals surface area contributed by atoms with E-state index in [-0.39, 0.29) is 11.4 Å². The van der Waals surface area contributed by atoms with Crippen molar-refractivity contribution in [1.82, 2.24) is 4.31 Å². The summed E-state index contributed by atoms with van der Waals surface area (Å²) in [5, 5.41) is 9.30. The molecule has 1 aromatic rings. The lowest BCUT2D eigenvalue weighted by atomic mass is 10.1. The van der Waals surface area contributed by atoms with Gasteiger partial charge in [-0.2, -0.15) is 4.31 Å². The lowest BCUT2D eigenvalue weighted by molar-refractivity contribution is -0.142. The molecule has 1 atom stereocenters. The maximum atomic E-state index is 12.8. The molecular formula is C16H23NO6S. The van der Waals surface area contributed by atoms with Crippen molar-refractivity contribution in [2.45, 2.75) is 37.1 Å². The zero-order chi connectivity index (χ0) is 17.7. The minimum absolute atomic E-state index is 0.0900. The minimum atomic E-state index is -3.85. The van der Waals surface area contributed by atoms with E-state index in [1.165, 1.54) is 12.1 Å². The van der Waals surface area contributed by atoms with E-state index in [4.69, 9.17) is 9.47 Å². The number of methoxy groups -OCH3 is 1. The van der Waals surface area contributed by atoms with Crippen LogP contribution >= 0.6 is 0 Å². The van der Waals surface area contributed by atoms with Crippen molar-refractivity contribution >= 4 is 16.0 Å². The topological polar surface area (TPSA) is 93.1 Å². The summed E-state index contributed by atoms with van der Waals surface area (Å²) < 4.78 is 37.2. The maximum absolute atomic E-state index is 12.8. The molecule has 7 nitrogen and oxygen atoms in total. The van der Waals surface area contributed by atoms with Crippen LogP contribution in [-0.2, 0) is 19.6 Å². The molecule has 1 aliphatic heterocycles. The third-order valence-electron chi connectivity index (χ3n) is 4.04. The number of sulfonamides is 1. The number of carbonyl (C=O) groups is 1. The minimum Gasteiger partial charge on any atom is -0.491 e. The van der Waals surface area contributed by atoms with Crippen molar-refractivity contribution in [3.8, 4) is 5.75 Å². The highest BCUT2D eigenvalue weighted by Crippen LogP contribution is 2.28. The van der Waals surface area contributed by atoms with Gasteiger partial charge in [0.1, 0.15) is 18.4 Å². The van der Waals surface area contributed by atoms with Crippen LogP contribution in [0.15, 0.2) is 23.1 Å².